The van der Waals surface area contributed by atoms with Gasteiger partial charge in [0.25, 0.3) is 0 Å². The van der Waals surface area contributed by atoms with Crippen molar-refractivity contribution in [1.29, 1.82) is 0 Å². The first-order chi connectivity index (χ1) is 10.7. The van der Waals surface area contributed by atoms with Crippen LogP contribution in [0.15, 0.2) is 69.4 Å². The van der Waals surface area contributed by atoms with E-state index in [9.17, 15) is 4.79 Å². The molecular formula is C19H14O3. The third kappa shape index (κ3) is 1.94. The molecule has 0 aliphatic carbocycles. The number of fused-ring (bicyclic) bond motifs is 3. The number of rotatable bonds is 1. The van der Waals surface area contributed by atoms with Gasteiger partial charge in [-0.05, 0) is 36.3 Å². The van der Waals surface area contributed by atoms with Crippen LogP contribution in [0.1, 0.15) is 24.2 Å². The first kappa shape index (κ1) is 12.9. The van der Waals surface area contributed by atoms with Crippen molar-refractivity contribution in [1.82, 2.24) is 0 Å². The lowest BCUT2D eigenvalue weighted by molar-refractivity contribution is 0.240. The fourth-order valence-electron chi connectivity index (χ4n) is 2.86. The topological polar surface area (TPSA) is 39.4 Å². The highest BCUT2D eigenvalue weighted by Crippen LogP contribution is 2.39. The van der Waals surface area contributed by atoms with Gasteiger partial charge in [0.05, 0.1) is 5.39 Å². The predicted octanol–water partition coefficient (Wildman–Crippen LogP) is 4.33. The molecule has 4 rings (SSSR count). The van der Waals surface area contributed by atoms with Gasteiger partial charge in [0, 0.05) is 0 Å². The molecule has 22 heavy (non-hydrogen) atoms. The van der Waals surface area contributed by atoms with Crippen LogP contribution in [0.5, 0.6) is 5.75 Å². The third-order valence-electron chi connectivity index (χ3n) is 3.92. The van der Waals surface area contributed by atoms with E-state index in [1.54, 1.807) is 6.07 Å². The Balaban J connectivity index is 1.95. The highest BCUT2D eigenvalue weighted by atomic mass is 16.5. The molecule has 3 nitrogen and oxygen atoms in total. The van der Waals surface area contributed by atoms with E-state index in [2.05, 4.69) is 0 Å². The van der Waals surface area contributed by atoms with Crippen molar-refractivity contribution < 1.29 is 9.15 Å². The second-order valence-electron chi connectivity index (χ2n) is 5.43. The van der Waals surface area contributed by atoms with E-state index in [1.165, 1.54) is 0 Å². The van der Waals surface area contributed by atoms with Gasteiger partial charge >= 0.3 is 5.63 Å². The lowest BCUT2D eigenvalue weighted by Crippen LogP contribution is -2.18. The SMILES string of the molecule is CC1=Cc2c(c3ccccc3oc2=O)OC1c1ccccc1. The van der Waals surface area contributed by atoms with Crippen LogP contribution in [0.3, 0.4) is 0 Å². The van der Waals surface area contributed by atoms with Gasteiger partial charge in [0.2, 0.25) is 0 Å². The summed E-state index contributed by atoms with van der Waals surface area (Å²) < 4.78 is 11.6. The fourth-order valence-corrected chi connectivity index (χ4v) is 2.86. The summed E-state index contributed by atoms with van der Waals surface area (Å²) in [5, 5.41) is 0.821. The zero-order valence-electron chi connectivity index (χ0n) is 12.1. The van der Waals surface area contributed by atoms with Crippen LogP contribution < -0.4 is 10.4 Å². The summed E-state index contributed by atoms with van der Waals surface area (Å²) in [5.41, 5.74) is 2.73. The molecule has 1 unspecified atom stereocenters. The van der Waals surface area contributed by atoms with Gasteiger partial charge < -0.3 is 9.15 Å². The zero-order chi connectivity index (χ0) is 15.1. The van der Waals surface area contributed by atoms with Crippen LogP contribution in [0.25, 0.3) is 17.0 Å². The first-order valence-electron chi connectivity index (χ1n) is 7.19. The van der Waals surface area contributed by atoms with E-state index < -0.39 is 0 Å². The Morgan fingerprint density at radius 3 is 2.50 bits per heavy atom. The van der Waals surface area contributed by atoms with Crippen molar-refractivity contribution in [2.75, 3.05) is 0 Å². The van der Waals surface area contributed by atoms with Gasteiger partial charge in [0.1, 0.15) is 23.0 Å². The van der Waals surface area contributed by atoms with E-state index >= 15 is 0 Å². The molecule has 1 aliphatic rings. The molecule has 1 atom stereocenters. The molecule has 3 aromatic rings. The molecular weight excluding hydrogens is 276 g/mol. The highest BCUT2D eigenvalue weighted by Gasteiger charge is 2.26. The van der Waals surface area contributed by atoms with E-state index in [0.717, 1.165) is 16.5 Å². The second kappa shape index (κ2) is 4.88. The summed E-state index contributed by atoms with van der Waals surface area (Å²) in [6.07, 6.45) is 1.69. The lowest BCUT2D eigenvalue weighted by atomic mass is 9.97. The van der Waals surface area contributed by atoms with Crippen LogP contribution in [0.2, 0.25) is 0 Å². The molecule has 0 amide bonds. The fraction of sp³-hybridized carbons (Fsp3) is 0.105. The summed E-state index contributed by atoms with van der Waals surface area (Å²) in [5.74, 6) is 0.603. The van der Waals surface area contributed by atoms with Crippen LogP contribution in [-0.2, 0) is 0 Å². The summed E-state index contributed by atoms with van der Waals surface area (Å²) in [6, 6.07) is 17.4. The van der Waals surface area contributed by atoms with Gasteiger partial charge in [0.15, 0.2) is 0 Å². The van der Waals surface area contributed by atoms with Crippen molar-refractivity contribution in [3.05, 3.63) is 81.7 Å². The molecule has 0 saturated carbocycles. The second-order valence-corrected chi connectivity index (χ2v) is 5.43. The summed E-state index contributed by atoms with van der Waals surface area (Å²) in [6.45, 7) is 1.97. The van der Waals surface area contributed by atoms with Crippen LogP contribution in [0, 0.1) is 0 Å². The maximum absolute atomic E-state index is 12.2. The maximum Gasteiger partial charge on any atom is 0.347 e. The molecule has 108 valence electrons. The average Bonchev–Trinajstić information content (AvgIpc) is 2.56. The smallest absolute Gasteiger partial charge is 0.347 e. The Kier molecular flexibility index (Phi) is 2.86. The van der Waals surface area contributed by atoms with Gasteiger partial charge in [-0.2, -0.15) is 0 Å². The van der Waals surface area contributed by atoms with Crippen molar-refractivity contribution in [2.24, 2.45) is 0 Å². The number of para-hydroxylation sites is 1. The first-order valence-corrected chi connectivity index (χ1v) is 7.19. The van der Waals surface area contributed by atoms with Crippen molar-refractivity contribution in [3.8, 4) is 5.75 Å². The molecule has 1 aliphatic heterocycles. The van der Waals surface area contributed by atoms with E-state index in [0.29, 0.717) is 16.9 Å². The Labute approximate surface area is 127 Å². The van der Waals surface area contributed by atoms with E-state index in [1.807, 2.05) is 61.5 Å². The minimum atomic E-state index is -0.362. The molecule has 0 spiro atoms. The Morgan fingerprint density at radius 1 is 0.955 bits per heavy atom. The molecule has 2 heterocycles. The Hall–Kier alpha value is -2.81. The normalized spacial score (nSPS) is 16.8. The summed E-state index contributed by atoms with van der Waals surface area (Å²) >= 11 is 0. The van der Waals surface area contributed by atoms with E-state index in [4.69, 9.17) is 9.15 Å². The summed E-state index contributed by atoms with van der Waals surface area (Å²) in [4.78, 5) is 12.2. The Morgan fingerprint density at radius 2 is 1.68 bits per heavy atom. The van der Waals surface area contributed by atoms with Gasteiger partial charge in [-0.3, -0.25) is 0 Å². The molecule has 0 radical (unpaired) electrons. The molecule has 0 fully saturated rings. The van der Waals surface area contributed by atoms with Crippen molar-refractivity contribution >= 4 is 17.0 Å². The lowest BCUT2D eigenvalue weighted by Gasteiger charge is -2.26. The predicted molar refractivity (Wildman–Crippen MR) is 85.9 cm³/mol. The quantitative estimate of drug-likeness (QED) is 0.626. The van der Waals surface area contributed by atoms with E-state index in [-0.39, 0.29) is 11.7 Å². The average molecular weight is 290 g/mol. The minimum absolute atomic E-state index is 0.182. The summed E-state index contributed by atoms with van der Waals surface area (Å²) in [7, 11) is 0. The van der Waals surface area contributed by atoms with Gasteiger partial charge in [-0.25, -0.2) is 4.79 Å². The highest BCUT2D eigenvalue weighted by molar-refractivity contribution is 5.87. The molecule has 3 heteroatoms. The van der Waals surface area contributed by atoms with Crippen molar-refractivity contribution in [3.63, 3.8) is 0 Å². The van der Waals surface area contributed by atoms with Crippen LogP contribution in [-0.4, -0.2) is 0 Å². The molecule has 1 aromatic heterocycles. The molecule has 2 aromatic carbocycles. The van der Waals surface area contributed by atoms with Crippen LogP contribution in [0.4, 0.5) is 0 Å². The molecule has 0 N–H and O–H groups in total. The maximum atomic E-state index is 12.2. The number of hydrogen-bond acceptors (Lipinski definition) is 3. The van der Waals surface area contributed by atoms with Gasteiger partial charge in [-0.1, -0.05) is 42.5 Å². The monoisotopic (exact) mass is 290 g/mol. The van der Waals surface area contributed by atoms with Crippen molar-refractivity contribution in [2.45, 2.75) is 13.0 Å². The standard InChI is InChI=1S/C19H14O3/c1-12-11-15-18(22-17(12)13-7-3-2-4-8-13)14-9-5-6-10-16(14)21-19(15)20/h2-11,17H,1H3. The number of ether oxygens (including phenoxy) is 1. The number of hydrogen-bond donors (Lipinski definition) is 0. The van der Waals surface area contributed by atoms with Crippen LogP contribution >= 0.6 is 0 Å². The minimum Gasteiger partial charge on any atom is -0.480 e. The molecule has 0 bridgehead atoms. The zero-order valence-corrected chi connectivity index (χ0v) is 12.1. The largest absolute Gasteiger partial charge is 0.480 e. The number of benzene rings is 2. The molecule has 0 saturated heterocycles. The third-order valence-corrected chi connectivity index (χ3v) is 3.92. The van der Waals surface area contributed by atoms with Gasteiger partial charge in [-0.15, -0.1) is 0 Å². The Bertz CT molecular complexity index is 936.